The van der Waals surface area contributed by atoms with Gasteiger partial charge in [0.15, 0.2) is 0 Å². The molecule has 2 bridgehead atoms. The van der Waals surface area contributed by atoms with Crippen molar-refractivity contribution in [2.75, 3.05) is 7.11 Å². The van der Waals surface area contributed by atoms with E-state index in [0.717, 1.165) is 38.5 Å². The lowest BCUT2D eigenvalue weighted by Crippen LogP contribution is -2.39. The Hall–Kier alpha value is -1.39. The average Bonchev–Trinajstić information content (AvgIpc) is 2.71. The van der Waals surface area contributed by atoms with Crippen LogP contribution in [0.25, 0.3) is 0 Å². The fourth-order valence-corrected chi connectivity index (χ4v) is 5.31. The normalized spacial score (nSPS) is 39.8. The monoisotopic (exact) mass is 322 g/mol. The van der Waals surface area contributed by atoms with Gasteiger partial charge in [0, 0.05) is 24.2 Å². The summed E-state index contributed by atoms with van der Waals surface area (Å²) >= 11 is 0. The van der Waals surface area contributed by atoms with E-state index in [-0.39, 0.29) is 41.2 Å². The van der Waals surface area contributed by atoms with Crippen molar-refractivity contribution in [1.29, 1.82) is 0 Å². The molecular formula is C18H26O5. The van der Waals surface area contributed by atoms with Crippen LogP contribution in [0, 0.1) is 23.2 Å². The number of hydrogen-bond acceptors (Lipinski definition) is 5. The van der Waals surface area contributed by atoms with Crippen LogP contribution in [-0.4, -0.2) is 30.9 Å². The third-order valence-electron chi connectivity index (χ3n) is 6.28. The first-order valence-corrected chi connectivity index (χ1v) is 8.77. The Labute approximate surface area is 137 Å². The molecule has 5 atom stereocenters. The Morgan fingerprint density at radius 3 is 2.61 bits per heavy atom. The minimum atomic E-state index is -0.385. The molecule has 0 saturated heterocycles. The molecule has 128 valence electrons. The van der Waals surface area contributed by atoms with E-state index in [1.165, 1.54) is 14.0 Å². The molecule has 3 fully saturated rings. The zero-order valence-electron chi connectivity index (χ0n) is 14.0. The minimum Gasteiger partial charge on any atom is -0.469 e. The lowest BCUT2D eigenvalue weighted by atomic mass is 9.69. The summed E-state index contributed by atoms with van der Waals surface area (Å²) in [6, 6.07) is 0. The van der Waals surface area contributed by atoms with Crippen molar-refractivity contribution in [2.24, 2.45) is 23.2 Å². The maximum absolute atomic E-state index is 13.2. The number of fused-ring (bicyclic) bond motifs is 1. The number of rotatable bonds is 2. The third kappa shape index (κ3) is 2.79. The van der Waals surface area contributed by atoms with Gasteiger partial charge in [-0.25, -0.2) is 0 Å². The fourth-order valence-electron chi connectivity index (χ4n) is 5.31. The number of hydrogen-bond donors (Lipinski definition) is 0. The van der Waals surface area contributed by atoms with Crippen LogP contribution in [0.2, 0.25) is 0 Å². The number of ether oxygens (including phenoxy) is 2. The van der Waals surface area contributed by atoms with Crippen LogP contribution in [0.1, 0.15) is 58.3 Å². The highest BCUT2D eigenvalue weighted by atomic mass is 16.5. The highest BCUT2D eigenvalue weighted by Crippen LogP contribution is 2.57. The molecule has 0 aromatic rings. The summed E-state index contributed by atoms with van der Waals surface area (Å²) in [5, 5.41) is 0. The van der Waals surface area contributed by atoms with Crippen molar-refractivity contribution in [3.63, 3.8) is 0 Å². The van der Waals surface area contributed by atoms with Gasteiger partial charge in [-0.3, -0.25) is 14.4 Å². The van der Waals surface area contributed by atoms with Crippen LogP contribution < -0.4 is 0 Å². The van der Waals surface area contributed by atoms with E-state index in [1.54, 1.807) is 0 Å². The second-order valence-electron chi connectivity index (χ2n) is 7.45. The topological polar surface area (TPSA) is 69.7 Å². The lowest BCUT2D eigenvalue weighted by Gasteiger charge is -2.35. The quantitative estimate of drug-likeness (QED) is 0.731. The summed E-state index contributed by atoms with van der Waals surface area (Å²) in [6.07, 6.45) is 6.32. The molecule has 5 nitrogen and oxygen atoms in total. The summed E-state index contributed by atoms with van der Waals surface area (Å²) in [6.45, 7) is 1.41. The Balaban J connectivity index is 1.97. The number of Topliss-reactive ketones (excluding diaryl/α,β-unsaturated/α-hetero) is 1. The summed E-state index contributed by atoms with van der Waals surface area (Å²) in [5.74, 6) is -0.541. The van der Waals surface area contributed by atoms with E-state index in [9.17, 15) is 14.4 Å². The molecule has 5 heteroatoms. The van der Waals surface area contributed by atoms with Gasteiger partial charge in [-0.2, -0.15) is 0 Å². The summed E-state index contributed by atoms with van der Waals surface area (Å²) in [5.41, 5.74) is -0.385. The van der Waals surface area contributed by atoms with Crippen LogP contribution in [0.5, 0.6) is 0 Å². The number of carbonyl (C=O) groups excluding carboxylic acids is 3. The van der Waals surface area contributed by atoms with Gasteiger partial charge in [0.25, 0.3) is 0 Å². The van der Waals surface area contributed by atoms with Crippen LogP contribution in [0.15, 0.2) is 0 Å². The van der Waals surface area contributed by atoms with Crippen molar-refractivity contribution in [3.8, 4) is 0 Å². The molecule has 1 spiro atoms. The maximum atomic E-state index is 13.2. The van der Waals surface area contributed by atoms with Crippen LogP contribution in [0.4, 0.5) is 0 Å². The van der Waals surface area contributed by atoms with E-state index in [2.05, 4.69) is 0 Å². The molecule has 1 unspecified atom stereocenters. The molecule has 0 aliphatic heterocycles. The van der Waals surface area contributed by atoms with Crippen molar-refractivity contribution in [3.05, 3.63) is 0 Å². The van der Waals surface area contributed by atoms with Gasteiger partial charge in [-0.15, -0.1) is 0 Å². The zero-order chi connectivity index (χ0) is 16.6. The maximum Gasteiger partial charge on any atom is 0.308 e. The Morgan fingerprint density at radius 1 is 1.13 bits per heavy atom. The van der Waals surface area contributed by atoms with Gasteiger partial charge in [0.05, 0.1) is 13.0 Å². The highest BCUT2D eigenvalue weighted by molar-refractivity contribution is 5.89. The largest absolute Gasteiger partial charge is 0.469 e. The van der Waals surface area contributed by atoms with Gasteiger partial charge in [-0.05, 0) is 38.5 Å². The number of ketones is 1. The zero-order valence-corrected chi connectivity index (χ0v) is 14.0. The predicted molar refractivity (Wildman–Crippen MR) is 82.4 cm³/mol. The van der Waals surface area contributed by atoms with Crippen LogP contribution in [-0.2, 0) is 23.9 Å². The van der Waals surface area contributed by atoms with Crippen molar-refractivity contribution in [1.82, 2.24) is 0 Å². The highest BCUT2D eigenvalue weighted by Gasteiger charge is 2.58. The van der Waals surface area contributed by atoms with Crippen LogP contribution >= 0.6 is 0 Å². The first kappa shape index (κ1) is 16.5. The molecule has 23 heavy (non-hydrogen) atoms. The summed E-state index contributed by atoms with van der Waals surface area (Å²) in [7, 11) is 1.40. The van der Waals surface area contributed by atoms with E-state index >= 15 is 0 Å². The standard InChI is InChI=1S/C18H26O5/c1-11(19)23-15-6-8-18-7-4-3-5-12(16(18)20)9-13(10-14(15)18)17(21)22-2/h12-15H,3-10H2,1-2H3/t12-,13?,14-,15+,18+/m1/s1. The first-order valence-electron chi connectivity index (χ1n) is 8.77. The molecule has 3 aliphatic carbocycles. The summed E-state index contributed by atoms with van der Waals surface area (Å²) in [4.78, 5) is 36.9. The Kier molecular flexibility index (Phi) is 4.47. The molecule has 0 aromatic heterocycles. The van der Waals surface area contributed by atoms with E-state index in [4.69, 9.17) is 9.47 Å². The van der Waals surface area contributed by atoms with Crippen molar-refractivity contribution in [2.45, 2.75) is 64.4 Å². The SMILES string of the molecule is COC(=O)C1C[C@H]2CCCC[C@@]3(CC[C@H](OC(C)=O)[C@H]3C1)C2=O. The molecule has 0 N–H and O–H groups in total. The number of methoxy groups -OCH3 is 1. The molecule has 0 radical (unpaired) electrons. The molecule has 0 amide bonds. The van der Waals surface area contributed by atoms with Gasteiger partial charge in [0.2, 0.25) is 0 Å². The molecule has 3 aliphatic rings. The van der Waals surface area contributed by atoms with Crippen molar-refractivity contribution >= 4 is 17.7 Å². The third-order valence-corrected chi connectivity index (χ3v) is 6.28. The first-order chi connectivity index (χ1) is 11.0. The van der Waals surface area contributed by atoms with E-state index in [1.807, 2.05) is 0 Å². The van der Waals surface area contributed by atoms with E-state index < -0.39 is 0 Å². The summed E-state index contributed by atoms with van der Waals surface area (Å²) < 4.78 is 10.5. The number of carbonyl (C=O) groups is 3. The second-order valence-corrected chi connectivity index (χ2v) is 7.45. The Morgan fingerprint density at radius 2 is 1.91 bits per heavy atom. The Bertz CT molecular complexity index is 514. The molecule has 0 heterocycles. The minimum absolute atomic E-state index is 0.0360. The number of esters is 2. The van der Waals surface area contributed by atoms with Gasteiger partial charge in [0.1, 0.15) is 11.9 Å². The molecule has 0 aromatic carbocycles. The lowest BCUT2D eigenvalue weighted by molar-refractivity contribution is -0.152. The smallest absolute Gasteiger partial charge is 0.308 e. The molecular weight excluding hydrogens is 296 g/mol. The molecule has 3 saturated carbocycles. The molecule has 3 rings (SSSR count). The van der Waals surface area contributed by atoms with Gasteiger partial charge < -0.3 is 9.47 Å². The predicted octanol–water partition coefficient (Wildman–Crippen LogP) is 2.66. The van der Waals surface area contributed by atoms with Gasteiger partial charge in [-0.1, -0.05) is 12.8 Å². The van der Waals surface area contributed by atoms with Crippen LogP contribution in [0.3, 0.4) is 0 Å². The fraction of sp³-hybridized carbons (Fsp3) is 0.833. The average molecular weight is 322 g/mol. The van der Waals surface area contributed by atoms with Gasteiger partial charge >= 0.3 is 11.9 Å². The van der Waals surface area contributed by atoms with Crippen molar-refractivity contribution < 1.29 is 23.9 Å². The van der Waals surface area contributed by atoms with E-state index in [0.29, 0.717) is 18.6 Å². The second kappa shape index (κ2) is 6.25.